The molecule has 0 aliphatic rings. The highest BCUT2D eigenvalue weighted by atomic mass is 32.1. The van der Waals surface area contributed by atoms with Crippen LogP contribution < -0.4 is 4.74 Å². The number of methoxy groups -OCH3 is 1. The zero-order valence-corrected chi connectivity index (χ0v) is 11.3. The van der Waals surface area contributed by atoms with Crippen molar-refractivity contribution in [3.63, 3.8) is 0 Å². The largest absolute Gasteiger partial charge is 0.494 e. The van der Waals surface area contributed by atoms with E-state index in [4.69, 9.17) is 17.0 Å². The number of benzene rings is 1. The van der Waals surface area contributed by atoms with Gasteiger partial charge in [-0.05, 0) is 24.4 Å². The van der Waals surface area contributed by atoms with Crippen molar-refractivity contribution in [1.29, 1.82) is 0 Å². The number of aromatic nitrogens is 3. The zero-order chi connectivity index (χ0) is 12.5. The summed E-state index contributed by atoms with van der Waals surface area (Å²) in [4.78, 5) is 7.48. The van der Waals surface area contributed by atoms with Gasteiger partial charge in [0.1, 0.15) is 16.3 Å². The highest BCUT2D eigenvalue weighted by Gasteiger charge is 2.09. The number of nitrogens with zero attached hydrogens (tertiary/aromatic N) is 2. The lowest BCUT2D eigenvalue weighted by molar-refractivity contribution is 0.419. The van der Waals surface area contributed by atoms with Crippen molar-refractivity contribution in [2.24, 2.45) is 0 Å². The van der Waals surface area contributed by atoms with Gasteiger partial charge in [-0.15, -0.1) is 11.3 Å². The standard InChI is InChI=1S/C12H11N3OS2/c1-16-9-4-2-3-8-11(9)14-12(17)15(8)7-10-13-5-6-18-10/h2-6H,7H2,1H3,(H,14,17). The Bertz CT molecular complexity index is 727. The quantitative estimate of drug-likeness (QED) is 0.748. The average molecular weight is 277 g/mol. The summed E-state index contributed by atoms with van der Waals surface area (Å²) < 4.78 is 8.05. The number of fused-ring (bicyclic) bond motifs is 1. The molecule has 4 nitrogen and oxygen atoms in total. The Labute approximate surface area is 113 Å². The summed E-state index contributed by atoms with van der Waals surface area (Å²) in [5, 5.41) is 3.00. The van der Waals surface area contributed by atoms with Crippen LogP contribution in [0.2, 0.25) is 0 Å². The summed E-state index contributed by atoms with van der Waals surface area (Å²) in [5.41, 5.74) is 1.97. The predicted octanol–water partition coefficient (Wildman–Crippen LogP) is 3.21. The van der Waals surface area contributed by atoms with Crippen LogP contribution in [0.4, 0.5) is 0 Å². The van der Waals surface area contributed by atoms with Gasteiger partial charge in [-0.25, -0.2) is 4.98 Å². The number of rotatable bonds is 3. The Kier molecular flexibility index (Phi) is 2.89. The number of H-pyrrole nitrogens is 1. The van der Waals surface area contributed by atoms with E-state index in [1.165, 1.54) is 0 Å². The van der Waals surface area contributed by atoms with E-state index in [0.29, 0.717) is 11.3 Å². The molecule has 0 saturated carbocycles. The molecule has 0 saturated heterocycles. The normalized spacial score (nSPS) is 10.9. The molecule has 0 radical (unpaired) electrons. The van der Waals surface area contributed by atoms with Crippen LogP contribution in [0.5, 0.6) is 5.75 Å². The summed E-state index contributed by atoms with van der Waals surface area (Å²) in [5.74, 6) is 0.802. The summed E-state index contributed by atoms with van der Waals surface area (Å²) in [6, 6.07) is 5.90. The van der Waals surface area contributed by atoms with E-state index in [9.17, 15) is 0 Å². The van der Waals surface area contributed by atoms with Crippen LogP contribution in [0.15, 0.2) is 29.8 Å². The molecular weight excluding hydrogens is 266 g/mol. The average Bonchev–Trinajstić information content (AvgIpc) is 2.99. The van der Waals surface area contributed by atoms with Crippen molar-refractivity contribution in [3.05, 3.63) is 39.6 Å². The van der Waals surface area contributed by atoms with Crippen LogP contribution in [-0.4, -0.2) is 21.6 Å². The second-order valence-corrected chi connectivity index (χ2v) is 5.16. The molecule has 0 fully saturated rings. The minimum atomic E-state index is 0.684. The van der Waals surface area contributed by atoms with Gasteiger partial charge in [0.05, 0.1) is 19.2 Å². The van der Waals surface area contributed by atoms with Gasteiger partial charge in [0.15, 0.2) is 4.77 Å². The van der Waals surface area contributed by atoms with E-state index in [-0.39, 0.29) is 0 Å². The molecule has 92 valence electrons. The Hall–Kier alpha value is -1.66. The molecule has 0 aliphatic carbocycles. The number of para-hydroxylation sites is 1. The van der Waals surface area contributed by atoms with Crippen molar-refractivity contribution in [2.45, 2.75) is 6.54 Å². The maximum atomic E-state index is 5.36. The number of imidazole rings is 1. The van der Waals surface area contributed by atoms with Gasteiger partial charge in [0.2, 0.25) is 0 Å². The molecule has 1 N–H and O–H groups in total. The molecule has 2 heterocycles. The Morgan fingerprint density at radius 1 is 1.50 bits per heavy atom. The Morgan fingerprint density at radius 3 is 3.11 bits per heavy atom. The zero-order valence-electron chi connectivity index (χ0n) is 9.71. The number of nitrogens with one attached hydrogen (secondary N) is 1. The lowest BCUT2D eigenvalue weighted by atomic mass is 10.3. The Morgan fingerprint density at radius 2 is 2.39 bits per heavy atom. The van der Waals surface area contributed by atoms with Gasteiger partial charge in [0.25, 0.3) is 0 Å². The van der Waals surface area contributed by atoms with E-state index in [1.54, 1.807) is 24.6 Å². The molecule has 0 unspecified atom stereocenters. The molecule has 6 heteroatoms. The van der Waals surface area contributed by atoms with E-state index in [1.807, 2.05) is 28.1 Å². The lowest BCUT2D eigenvalue weighted by Gasteiger charge is -2.03. The van der Waals surface area contributed by atoms with Crippen molar-refractivity contribution in [3.8, 4) is 5.75 Å². The maximum absolute atomic E-state index is 5.36. The SMILES string of the molecule is COc1cccc2c1[nH]c(=S)n2Cc1nccs1. The fourth-order valence-electron chi connectivity index (χ4n) is 1.95. The van der Waals surface area contributed by atoms with E-state index < -0.39 is 0 Å². The highest BCUT2D eigenvalue weighted by molar-refractivity contribution is 7.71. The molecule has 3 aromatic rings. The van der Waals surface area contributed by atoms with Crippen molar-refractivity contribution >= 4 is 34.6 Å². The van der Waals surface area contributed by atoms with Crippen LogP contribution in [0.25, 0.3) is 11.0 Å². The van der Waals surface area contributed by atoms with Crippen LogP contribution in [0, 0.1) is 4.77 Å². The lowest BCUT2D eigenvalue weighted by Crippen LogP contribution is -1.98. The summed E-state index contributed by atoms with van der Waals surface area (Å²) >= 11 is 6.99. The second-order valence-electron chi connectivity index (χ2n) is 3.80. The van der Waals surface area contributed by atoms with Crippen LogP contribution in [-0.2, 0) is 6.54 Å². The third-order valence-corrected chi connectivity index (χ3v) is 3.86. The smallest absolute Gasteiger partial charge is 0.178 e. The number of aromatic amines is 1. The first-order chi connectivity index (χ1) is 8.79. The van der Waals surface area contributed by atoms with Gasteiger partial charge in [-0.3, -0.25) is 0 Å². The highest BCUT2D eigenvalue weighted by Crippen LogP contribution is 2.25. The summed E-state index contributed by atoms with van der Waals surface area (Å²) in [6.45, 7) is 0.684. The van der Waals surface area contributed by atoms with Gasteiger partial charge in [-0.1, -0.05) is 6.07 Å². The van der Waals surface area contributed by atoms with E-state index in [2.05, 4.69) is 9.97 Å². The number of ether oxygens (including phenoxy) is 1. The molecule has 0 atom stereocenters. The van der Waals surface area contributed by atoms with E-state index >= 15 is 0 Å². The third-order valence-electron chi connectivity index (χ3n) is 2.77. The number of thiazole rings is 1. The van der Waals surface area contributed by atoms with Crippen molar-refractivity contribution in [2.75, 3.05) is 7.11 Å². The minimum Gasteiger partial charge on any atom is -0.494 e. The topological polar surface area (TPSA) is 42.8 Å². The minimum absolute atomic E-state index is 0.684. The fourth-order valence-corrected chi connectivity index (χ4v) is 2.82. The van der Waals surface area contributed by atoms with Crippen molar-refractivity contribution < 1.29 is 4.74 Å². The molecule has 2 aromatic heterocycles. The molecule has 0 amide bonds. The number of hydrogen-bond acceptors (Lipinski definition) is 4. The second kappa shape index (κ2) is 4.55. The summed E-state index contributed by atoms with van der Waals surface area (Å²) in [7, 11) is 1.66. The van der Waals surface area contributed by atoms with Crippen LogP contribution >= 0.6 is 23.6 Å². The van der Waals surface area contributed by atoms with Gasteiger partial charge in [0, 0.05) is 11.6 Å². The first-order valence-corrected chi connectivity index (χ1v) is 6.72. The molecular formula is C12H11N3OS2. The first-order valence-electron chi connectivity index (χ1n) is 5.43. The third kappa shape index (κ3) is 1.83. The molecule has 0 aliphatic heterocycles. The number of hydrogen-bond donors (Lipinski definition) is 1. The molecule has 3 rings (SSSR count). The summed E-state index contributed by atoms with van der Waals surface area (Å²) in [6.07, 6.45) is 1.80. The van der Waals surface area contributed by atoms with E-state index in [0.717, 1.165) is 21.8 Å². The molecule has 0 bridgehead atoms. The predicted molar refractivity (Wildman–Crippen MR) is 74.9 cm³/mol. The maximum Gasteiger partial charge on any atom is 0.178 e. The van der Waals surface area contributed by atoms with Gasteiger partial charge < -0.3 is 14.3 Å². The van der Waals surface area contributed by atoms with Gasteiger partial charge >= 0.3 is 0 Å². The van der Waals surface area contributed by atoms with Crippen molar-refractivity contribution in [1.82, 2.24) is 14.5 Å². The molecule has 18 heavy (non-hydrogen) atoms. The van der Waals surface area contributed by atoms with Crippen LogP contribution in [0.1, 0.15) is 5.01 Å². The first kappa shape index (κ1) is 11.4. The molecule has 0 spiro atoms. The Balaban J connectivity index is 2.17. The fraction of sp³-hybridized carbons (Fsp3) is 0.167. The van der Waals surface area contributed by atoms with Gasteiger partial charge in [-0.2, -0.15) is 0 Å². The molecule has 1 aromatic carbocycles. The monoisotopic (exact) mass is 277 g/mol. The van der Waals surface area contributed by atoms with Crippen LogP contribution in [0.3, 0.4) is 0 Å².